The molecule has 3 fully saturated rings. The van der Waals surface area contributed by atoms with Crippen molar-refractivity contribution in [2.45, 2.75) is 88.8 Å². The third-order valence-electron chi connectivity index (χ3n) is 11.6. The van der Waals surface area contributed by atoms with Crippen LogP contribution in [0.25, 0.3) is 0 Å². The van der Waals surface area contributed by atoms with Crippen molar-refractivity contribution in [1.29, 1.82) is 0 Å². The van der Waals surface area contributed by atoms with Gasteiger partial charge in [-0.1, -0.05) is 56.5 Å². The van der Waals surface area contributed by atoms with E-state index in [2.05, 4.69) is 56.6 Å². The van der Waals surface area contributed by atoms with Gasteiger partial charge >= 0.3 is 0 Å². The van der Waals surface area contributed by atoms with E-state index in [-0.39, 0.29) is 23.3 Å². The first-order chi connectivity index (χ1) is 27.7. The predicted octanol–water partition coefficient (Wildman–Crippen LogP) is 5.94. The number of imide groups is 1. The second-order valence-electron chi connectivity index (χ2n) is 15.5. The highest BCUT2D eigenvalue weighted by molar-refractivity contribution is 6.23. The maximum atomic E-state index is 13.1. The van der Waals surface area contributed by atoms with E-state index in [0.29, 0.717) is 66.7 Å². The molecule has 0 saturated carbocycles. The first kappa shape index (κ1) is 39.3. The molecular formula is C45H52N6O6. The van der Waals surface area contributed by atoms with Gasteiger partial charge in [-0.05, 0) is 86.6 Å². The van der Waals surface area contributed by atoms with E-state index in [9.17, 15) is 29.1 Å². The van der Waals surface area contributed by atoms with Crippen LogP contribution in [-0.4, -0.2) is 88.6 Å². The van der Waals surface area contributed by atoms with Crippen molar-refractivity contribution in [3.8, 4) is 5.75 Å². The Labute approximate surface area is 334 Å². The molecule has 12 nitrogen and oxygen atoms in total. The van der Waals surface area contributed by atoms with Gasteiger partial charge in [-0.3, -0.25) is 28.9 Å². The van der Waals surface area contributed by atoms with Crippen molar-refractivity contribution >= 4 is 40.8 Å². The fourth-order valence-electron chi connectivity index (χ4n) is 8.41. The lowest BCUT2D eigenvalue weighted by molar-refractivity contribution is -0.125. The minimum Gasteiger partial charge on any atom is -0.507 e. The number of carbonyl (C=O) groups excluding carboxylic acids is 5. The van der Waals surface area contributed by atoms with Crippen LogP contribution in [0.5, 0.6) is 5.75 Å². The van der Waals surface area contributed by atoms with Gasteiger partial charge in [0, 0.05) is 74.0 Å². The summed E-state index contributed by atoms with van der Waals surface area (Å²) in [6, 6.07) is 20.2. The molecule has 3 aromatic carbocycles. The normalized spacial score (nSPS) is 20.1. The maximum Gasteiger partial charge on any atom is 0.262 e. The fraction of sp³-hybridized carbons (Fsp3) is 0.400. The molecule has 298 valence electrons. The molecule has 0 aliphatic carbocycles. The van der Waals surface area contributed by atoms with Gasteiger partial charge in [-0.2, -0.15) is 0 Å². The van der Waals surface area contributed by atoms with E-state index in [0.717, 1.165) is 80.7 Å². The van der Waals surface area contributed by atoms with Gasteiger partial charge < -0.3 is 30.9 Å². The Morgan fingerprint density at radius 1 is 0.860 bits per heavy atom. The van der Waals surface area contributed by atoms with Gasteiger partial charge in [-0.25, -0.2) is 0 Å². The quantitative estimate of drug-likeness (QED) is 0.0533. The molecule has 0 radical (unpaired) electrons. The van der Waals surface area contributed by atoms with Crippen molar-refractivity contribution in [2.24, 2.45) is 0 Å². The Morgan fingerprint density at radius 2 is 1.60 bits per heavy atom. The molecule has 3 saturated heterocycles. The topological polar surface area (TPSA) is 151 Å². The van der Waals surface area contributed by atoms with Gasteiger partial charge in [-0.15, -0.1) is 0 Å². The molecule has 57 heavy (non-hydrogen) atoms. The Hall–Kier alpha value is -5.91. The number of nitrogens with one attached hydrogen (secondary N) is 3. The number of nitrogens with zero attached hydrogens (tertiary/aromatic N) is 3. The number of allylic oxidation sites excluding steroid dienone is 2. The summed E-state index contributed by atoms with van der Waals surface area (Å²) >= 11 is 0. The fourth-order valence-corrected chi connectivity index (χ4v) is 8.41. The Kier molecular flexibility index (Phi) is 12.4. The number of aryl methyl sites for hydroxylation is 1. The number of para-hydroxylation sites is 1. The Balaban J connectivity index is 0.720. The van der Waals surface area contributed by atoms with Crippen LogP contribution in [0.1, 0.15) is 101 Å². The minimum absolute atomic E-state index is 0.00139. The number of carbonyl (C=O) groups is 5. The van der Waals surface area contributed by atoms with E-state index in [1.54, 1.807) is 42.5 Å². The number of aromatic hydroxyl groups is 1. The highest BCUT2D eigenvalue weighted by atomic mass is 16.3. The van der Waals surface area contributed by atoms with Crippen molar-refractivity contribution in [3.05, 3.63) is 114 Å². The summed E-state index contributed by atoms with van der Waals surface area (Å²) in [5.41, 5.74) is 4.68. The van der Waals surface area contributed by atoms with Crippen molar-refractivity contribution < 1.29 is 29.1 Å². The number of rotatable bonds is 18. The lowest BCUT2D eigenvalue weighted by Gasteiger charge is -2.35. The number of likely N-dealkylation sites (tertiary alicyclic amines) is 1. The average Bonchev–Trinajstić information content (AvgIpc) is 3.88. The molecule has 4 N–H and O–H groups in total. The number of phenolic OH excluding ortho intramolecular Hbond substituents is 1. The number of unbranched alkanes of at least 4 members (excludes halogenated alkanes) is 5. The Bertz CT molecular complexity index is 2050. The van der Waals surface area contributed by atoms with E-state index in [4.69, 9.17) is 0 Å². The zero-order chi connectivity index (χ0) is 39.9. The van der Waals surface area contributed by atoms with Crippen LogP contribution in [0.2, 0.25) is 0 Å². The predicted molar refractivity (Wildman–Crippen MR) is 219 cm³/mol. The molecule has 2 bridgehead atoms. The average molecular weight is 773 g/mol. The van der Waals surface area contributed by atoms with Crippen LogP contribution < -0.4 is 20.9 Å². The lowest BCUT2D eigenvalue weighted by Crippen LogP contribution is -2.51. The lowest BCUT2D eigenvalue weighted by atomic mass is 10.0. The molecule has 4 aliphatic heterocycles. The van der Waals surface area contributed by atoms with Crippen LogP contribution in [-0.2, 0) is 16.0 Å². The second kappa shape index (κ2) is 17.9. The van der Waals surface area contributed by atoms with E-state index in [1.165, 1.54) is 11.8 Å². The molecule has 4 aliphatic rings. The standard InChI is InChI=1S/C45H52N6O6/c1-30-12-20-39(43(55)48-30)51-44(56)36-19-16-32(26-38(36)45(51)57)46-23-8-4-2-3-5-9-24-47-42(54)21-15-31-13-17-33(18-14-31)50-29-34-27-35(50)28-49(34)25-22-41(53)37-10-6-7-11-40(37)52/h6-7,10-11,13-14,16-19,22,25-26,34-35,39,46,52H,1-5,8-9,12,15,20-21,23-24,27-29H2,(H,47,54)(H,48,55)/b25-22+/t34-,35-,39?/m0/s1. The molecule has 1 unspecified atom stereocenters. The van der Waals surface area contributed by atoms with E-state index >= 15 is 0 Å². The molecule has 4 heterocycles. The minimum atomic E-state index is -0.814. The molecule has 12 heteroatoms. The maximum absolute atomic E-state index is 13.1. The second-order valence-corrected chi connectivity index (χ2v) is 15.5. The Morgan fingerprint density at radius 3 is 2.33 bits per heavy atom. The number of phenols is 1. The van der Waals surface area contributed by atoms with Gasteiger partial charge in [0.2, 0.25) is 11.8 Å². The summed E-state index contributed by atoms with van der Waals surface area (Å²) in [5.74, 6) is -1.35. The van der Waals surface area contributed by atoms with Crippen LogP contribution in [0.4, 0.5) is 11.4 Å². The number of amides is 4. The molecule has 0 spiro atoms. The first-order valence-corrected chi connectivity index (χ1v) is 20.3. The molecule has 3 atom stereocenters. The summed E-state index contributed by atoms with van der Waals surface area (Å²) < 4.78 is 0. The summed E-state index contributed by atoms with van der Waals surface area (Å²) in [7, 11) is 0. The number of ketones is 1. The summed E-state index contributed by atoms with van der Waals surface area (Å²) in [4.78, 5) is 69.3. The smallest absolute Gasteiger partial charge is 0.262 e. The molecule has 3 aromatic rings. The van der Waals surface area contributed by atoms with Crippen molar-refractivity contribution in [3.63, 3.8) is 0 Å². The zero-order valence-corrected chi connectivity index (χ0v) is 32.4. The molecule has 7 rings (SSSR count). The van der Waals surface area contributed by atoms with Crippen molar-refractivity contribution in [2.75, 3.05) is 36.4 Å². The van der Waals surface area contributed by atoms with Gasteiger partial charge in [0.05, 0.1) is 16.7 Å². The van der Waals surface area contributed by atoms with Gasteiger partial charge in [0.1, 0.15) is 11.8 Å². The molecule has 4 amide bonds. The van der Waals surface area contributed by atoms with Crippen molar-refractivity contribution in [1.82, 2.24) is 20.4 Å². The summed E-state index contributed by atoms with van der Waals surface area (Å²) in [6.07, 6.45) is 12.8. The number of hydrogen-bond acceptors (Lipinski definition) is 9. The highest BCUT2D eigenvalue weighted by Gasteiger charge is 2.44. The number of benzene rings is 3. The molecular weight excluding hydrogens is 721 g/mol. The number of piperidine rings is 1. The number of hydrogen-bond donors (Lipinski definition) is 4. The number of fused-ring (bicyclic) bond motifs is 3. The van der Waals surface area contributed by atoms with Gasteiger partial charge in [0.25, 0.3) is 11.8 Å². The number of piperazine rings is 1. The highest BCUT2D eigenvalue weighted by Crippen LogP contribution is 2.35. The van der Waals surface area contributed by atoms with Gasteiger partial charge in [0.15, 0.2) is 5.78 Å². The van der Waals surface area contributed by atoms with E-state index < -0.39 is 17.9 Å². The van der Waals surface area contributed by atoms with Crippen LogP contribution in [0.15, 0.2) is 91.3 Å². The summed E-state index contributed by atoms with van der Waals surface area (Å²) in [5, 5.41) is 19.1. The van der Waals surface area contributed by atoms with Crippen LogP contribution >= 0.6 is 0 Å². The monoisotopic (exact) mass is 772 g/mol. The first-order valence-electron chi connectivity index (χ1n) is 20.3. The van der Waals surface area contributed by atoms with Crippen LogP contribution in [0, 0.1) is 0 Å². The number of anilines is 2. The molecule has 0 aromatic heterocycles. The SMILES string of the molecule is C=C1CCC(N2C(=O)c3ccc(NCCCCCCCCNC(=O)CCc4ccc(N5C[C@@H]6C[C@H]5CN6/C=C/C(=O)c5ccccc5O)cc4)cc3C2=O)C(=O)N1. The van der Waals surface area contributed by atoms with Crippen LogP contribution in [0.3, 0.4) is 0 Å². The van der Waals surface area contributed by atoms with E-state index in [1.807, 2.05) is 6.20 Å². The third kappa shape index (κ3) is 9.22. The largest absolute Gasteiger partial charge is 0.507 e. The third-order valence-corrected chi connectivity index (χ3v) is 11.6. The zero-order valence-electron chi connectivity index (χ0n) is 32.4. The summed E-state index contributed by atoms with van der Waals surface area (Å²) in [6.45, 7) is 6.95.